The van der Waals surface area contributed by atoms with E-state index in [1.54, 1.807) is 12.4 Å². The summed E-state index contributed by atoms with van der Waals surface area (Å²) in [6.07, 6.45) is 3.16. The molecule has 22 heavy (non-hydrogen) atoms. The quantitative estimate of drug-likeness (QED) is 0.871. The Morgan fingerprint density at radius 2 is 2.00 bits per heavy atom. The number of imide groups is 1. The molecule has 8 nitrogen and oxygen atoms in total. The summed E-state index contributed by atoms with van der Waals surface area (Å²) in [5.74, 6) is 0. The first-order valence-corrected chi connectivity index (χ1v) is 6.99. The lowest BCUT2D eigenvalue weighted by Crippen LogP contribution is -2.44. The molecule has 1 aliphatic heterocycles. The molecule has 114 valence electrons. The van der Waals surface area contributed by atoms with Crippen LogP contribution in [0.15, 0.2) is 42.7 Å². The normalized spacial score (nSPS) is 15.5. The van der Waals surface area contributed by atoms with Gasteiger partial charge in [-0.3, -0.25) is 0 Å². The van der Waals surface area contributed by atoms with Crippen molar-refractivity contribution in [2.75, 3.05) is 13.1 Å². The highest BCUT2D eigenvalue weighted by atomic mass is 16.2. The Morgan fingerprint density at radius 3 is 2.64 bits per heavy atom. The number of nitrogens with one attached hydrogen (secondary N) is 2. The number of aromatic nitrogens is 3. The first-order valence-electron chi connectivity index (χ1n) is 6.99. The zero-order valence-corrected chi connectivity index (χ0v) is 11.8. The van der Waals surface area contributed by atoms with Gasteiger partial charge >= 0.3 is 12.1 Å². The van der Waals surface area contributed by atoms with Crippen LogP contribution in [0, 0.1) is 0 Å². The molecule has 0 spiro atoms. The smallest absolute Gasteiger partial charge is 0.326 e. The Morgan fingerprint density at radius 1 is 1.27 bits per heavy atom. The third-order valence-corrected chi connectivity index (χ3v) is 3.41. The number of carbonyl (C=O) groups is 2. The predicted molar refractivity (Wildman–Crippen MR) is 77.8 cm³/mol. The van der Waals surface area contributed by atoms with E-state index >= 15 is 0 Å². The van der Waals surface area contributed by atoms with Gasteiger partial charge in [0, 0.05) is 13.1 Å². The van der Waals surface area contributed by atoms with E-state index in [2.05, 4.69) is 20.8 Å². The molecule has 1 unspecified atom stereocenters. The topological polar surface area (TPSA) is 92.2 Å². The molecular formula is C14H16N6O2. The first-order chi connectivity index (χ1) is 10.7. The maximum Gasteiger partial charge on any atom is 0.326 e. The largest absolute Gasteiger partial charge is 0.336 e. The van der Waals surface area contributed by atoms with Gasteiger partial charge in [-0.1, -0.05) is 30.3 Å². The molecular weight excluding hydrogens is 284 g/mol. The molecule has 1 aromatic carbocycles. The van der Waals surface area contributed by atoms with E-state index in [0.717, 1.165) is 10.5 Å². The summed E-state index contributed by atoms with van der Waals surface area (Å²) in [5, 5.41) is 13.6. The van der Waals surface area contributed by atoms with Gasteiger partial charge in [-0.15, -0.1) is 0 Å². The van der Waals surface area contributed by atoms with E-state index < -0.39 is 6.03 Å². The number of amides is 4. The number of hydrogen-bond donors (Lipinski definition) is 2. The summed E-state index contributed by atoms with van der Waals surface area (Å²) in [7, 11) is 0. The van der Waals surface area contributed by atoms with Crippen molar-refractivity contribution in [3.8, 4) is 0 Å². The molecule has 2 N–H and O–H groups in total. The molecule has 2 aromatic rings. The second kappa shape index (κ2) is 6.25. The van der Waals surface area contributed by atoms with Crippen molar-refractivity contribution in [1.29, 1.82) is 0 Å². The Kier molecular flexibility index (Phi) is 3.99. The lowest BCUT2D eigenvalue weighted by atomic mass is 10.1. The van der Waals surface area contributed by atoms with Crippen molar-refractivity contribution in [2.45, 2.75) is 12.6 Å². The van der Waals surface area contributed by atoms with Crippen molar-refractivity contribution < 1.29 is 9.59 Å². The summed E-state index contributed by atoms with van der Waals surface area (Å²) in [6, 6.07) is 8.41. The Bertz CT molecular complexity index is 643. The van der Waals surface area contributed by atoms with E-state index in [1.807, 2.05) is 30.3 Å². The fourth-order valence-electron chi connectivity index (χ4n) is 2.31. The second-order valence-corrected chi connectivity index (χ2v) is 4.88. The van der Waals surface area contributed by atoms with Gasteiger partial charge < -0.3 is 10.6 Å². The van der Waals surface area contributed by atoms with Crippen LogP contribution in [0.1, 0.15) is 11.6 Å². The molecule has 0 saturated carbocycles. The minimum Gasteiger partial charge on any atom is -0.336 e. The maximum atomic E-state index is 12.3. The predicted octanol–water partition coefficient (Wildman–Crippen LogP) is 0.754. The lowest BCUT2D eigenvalue weighted by Gasteiger charge is -2.21. The molecule has 0 aliphatic carbocycles. The molecule has 1 aliphatic rings. The van der Waals surface area contributed by atoms with Gasteiger partial charge in [0.1, 0.15) is 0 Å². The molecule has 2 heterocycles. The molecule has 1 fully saturated rings. The minimum atomic E-state index is -0.420. The van der Waals surface area contributed by atoms with E-state index in [0.29, 0.717) is 19.6 Å². The second-order valence-electron chi connectivity index (χ2n) is 4.88. The highest BCUT2D eigenvalue weighted by molar-refractivity contribution is 5.95. The van der Waals surface area contributed by atoms with Crippen LogP contribution in [0.4, 0.5) is 9.59 Å². The van der Waals surface area contributed by atoms with E-state index in [1.165, 1.54) is 4.80 Å². The summed E-state index contributed by atoms with van der Waals surface area (Å²) >= 11 is 0. The Hall–Kier alpha value is -2.90. The van der Waals surface area contributed by atoms with Crippen molar-refractivity contribution in [2.24, 2.45) is 0 Å². The highest BCUT2D eigenvalue weighted by Gasteiger charge is 2.28. The fourth-order valence-corrected chi connectivity index (χ4v) is 2.31. The molecule has 1 atom stereocenters. The van der Waals surface area contributed by atoms with Crippen molar-refractivity contribution in [1.82, 2.24) is 30.5 Å². The van der Waals surface area contributed by atoms with Crippen molar-refractivity contribution >= 4 is 12.1 Å². The SMILES string of the molecule is O=C1NCCN1C(=O)NC(Cn1nccn1)c1ccccc1. The maximum absolute atomic E-state index is 12.3. The number of hydrogen-bond acceptors (Lipinski definition) is 4. The highest BCUT2D eigenvalue weighted by Crippen LogP contribution is 2.15. The van der Waals surface area contributed by atoms with Crippen LogP contribution in [0.2, 0.25) is 0 Å². The molecule has 0 radical (unpaired) electrons. The molecule has 8 heteroatoms. The molecule has 4 amide bonds. The summed E-state index contributed by atoms with van der Waals surface area (Å²) in [6.45, 7) is 1.23. The van der Waals surface area contributed by atoms with Crippen LogP contribution in [-0.2, 0) is 6.54 Å². The average molecular weight is 300 g/mol. The van der Waals surface area contributed by atoms with Gasteiger partial charge in [0.25, 0.3) is 0 Å². The number of carbonyl (C=O) groups excluding carboxylic acids is 2. The van der Waals surface area contributed by atoms with Gasteiger partial charge in [0.2, 0.25) is 0 Å². The van der Waals surface area contributed by atoms with Gasteiger partial charge in [-0.05, 0) is 5.56 Å². The van der Waals surface area contributed by atoms with Gasteiger partial charge in [-0.25, -0.2) is 14.5 Å². The monoisotopic (exact) mass is 300 g/mol. The third kappa shape index (κ3) is 3.05. The van der Waals surface area contributed by atoms with Crippen molar-refractivity contribution in [3.05, 3.63) is 48.3 Å². The summed E-state index contributed by atoms with van der Waals surface area (Å²) in [5.41, 5.74) is 0.924. The van der Waals surface area contributed by atoms with Crippen LogP contribution >= 0.6 is 0 Å². The zero-order chi connectivity index (χ0) is 15.4. The summed E-state index contributed by atoms with van der Waals surface area (Å²) in [4.78, 5) is 26.5. The van der Waals surface area contributed by atoms with Gasteiger partial charge in [0.15, 0.2) is 0 Å². The number of rotatable bonds is 4. The number of nitrogens with zero attached hydrogens (tertiary/aromatic N) is 4. The van der Waals surface area contributed by atoms with Crippen LogP contribution in [-0.4, -0.2) is 45.0 Å². The van der Waals surface area contributed by atoms with E-state index in [-0.39, 0.29) is 12.1 Å². The van der Waals surface area contributed by atoms with Crippen LogP contribution in [0.3, 0.4) is 0 Å². The van der Waals surface area contributed by atoms with E-state index in [4.69, 9.17) is 0 Å². The minimum absolute atomic E-state index is 0.325. The Balaban J connectivity index is 1.76. The van der Waals surface area contributed by atoms with E-state index in [9.17, 15) is 9.59 Å². The molecule has 1 saturated heterocycles. The lowest BCUT2D eigenvalue weighted by molar-refractivity contribution is 0.194. The van der Waals surface area contributed by atoms with Gasteiger partial charge in [0.05, 0.1) is 25.0 Å². The standard InChI is InChI=1S/C14H16N6O2/c21-13-15-8-9-19(13)14(22)18-12(10-20-16-6-7-17-20)11-4-2-1-3-5-11/h1-7,12H,8-10H2,(H,15,21)(H,18,22). The Labute approximate surface area is 127 Å². The zero-order valence-electron chi connectivity index (χ0n) is 11.8. The molecule has 3 rings (SSSR count). The number of urea groups is 2. The fraction of sp³-hybridized carbons (Fsp3) is 0.286. The average Bonchev–Trinajstić information content (AvgIpc) is 3.19. The van der Waals surface area contributed by atoms with Gasteiger partial charge in [-0.2, -0.15) is 15.0 Å². The van der Waals surface area contributed by atoms with Crippen molar-refractivity contribution in [3.63, 3.8) is 0 Å². The van der Waals surface area contributed by atoms with Crippen LogP contribution in [0.25, 0.3) is 0 Å². The third-order valence-electron chi connectivity index (χ3n) is 3.41. The van der Waals surface area contributed by atoms with Crippen LogP contribution in [0.5, 0.6) is 0 Å². The summed E-state index contributed by atoms with van der Waals surface area (Å²) < 4.78 is 0. The van der Waals surface area contributed by atoms with Crippen LogP contribution < -0.4 is 10.6 Å². The molecule has 1 aromatic heterocycles. The number of benzene rings is 1. The molecule has 0 bridgehead atoms. The first kappa shape index (κ1) is 14.1.